The fourth-order valence-electron chi connectivity index (χ4n) is 8.12. The molecule has 0 aliphatic heterocycles. The first-order valence-electron chi connectivity index (χ1n) is 16.4. The van der Waals surface area contributed by atoms with Gasteiger partial charge in [-0.2, -0.15) is 10.5 Å². The van der Waals surface area contributed by atoms with Crippen molar-refractivity contribution < 1.29 is 8.83 Å². The molecule has 0 atom stereocenters. The normalized spacial score (nSPS) is 12.0. The lowest BCUT2D eigenvalue weighted by molar-refractivity contribution is 0.670. The lowest BCUT2D eigenvalue weighted by atomic mass is 10.1. The molecule has 0 N–H and O–H groups in total. The van der Waals surface area contributed by atoms with Crippen LogP contribution < -0.4 is 0 Å². The Kier molecular flexibility index (Phi) is 5.16. The van der Waals surface area contributed by atoms with Crippen LogP contribution in [-0.4, -0.2) is 9.13 Å². The van der Waals surface area contributed by atoms with Gasteiger partial charge >= 0.3 is 0 Å². The zero-order valence-corrected chi connectivity index (χ0v) is 26.3. The maximum Gasteiger partial charge on any atom is 0.160 e. The van der Waals surface area contributed by atoms with Gasteiger partial charge in [0.25, 0.3) is 0 Å². The topological polar surface area (TPSA) is 83.7 Å². The van der Waals surface area contributed by atoms with E-state index in [0.29, 0.717) is 22.5 Å². The van der Waals surface area contributed by atoms with Gasteiger partial charge < -0.3 is 18.0 Å². The molecule has 11 rings (SSSR count). The first-order valence-corrected chi connectivity index (χ1v) is 16.4. The molecule has 0 saturated carbocycles. The van der Waals surface area contributed by atoms with Crippen LogP contribution in [-0.2, 0) is 0 Å². The highest BCUT2D eigenvalue weighted by Crippen LogP contribution is 2.45. The van der Waals surface area contributed by atoms with Gasteiger partial charge in [0, 0.05) is 43.1 Å². The Morgan fingerprint density at radius 2 is 0.920 bits per heavy atom. The van der Waals surface area contributed by atoms with Crippen LogP contribution in [0.25, 0.3) is 98.9 Å². The number of aromatic nitrogens is 2. The van der Waals surface area contributed by atoms with Crippen molar-refractivity contribution in [1.82, 2.24) is 9.13 Å². The summed E-state index contributed by atoms with van der Waals surface area (Å²) in [5.74, 6) is 0. The van der Waals surface area contributed by atoms with E-state index < -0.39 is 0 Å². The van der Waals surface area contributed by atoms with Gasteiger partial charge in [-0.3, -0.25) is 0 Å². The summed E-state index contributed by atoms with van der Waals surface area (Å²) in [6, 6.07) is 49.5. The van der Waals surface area contributed by atoms with E-state index in [9.17, 15) is 10.5 Å². The van der Waals surface area contributed by atoms with Crippen LogP contribution in [0.5, 0.6) is 0 Å². The number of hydrogen-bond acceptors (Lipinski definition) is 4. The zero-order chi connectivity index (χ0) is 33.1. The first-order chi connectivity index (χ1) is 24.7. The molecule has 4 aromatic heterocycles. The molecule has 0 saturated heterocycles. The minimum absolute atomic E-state index is 0.373. The third-order valence-electron chi connectivity index (χ3n) is 10.2. The predicted octanol–water partition coefficient (Wildman–Crippen LogP) is 11.4. The van der Waals surface area contributed by atoms with Gasteiger partial charge in [-0.15, -0.1) is 0 Å². The van der Waals surface area contributed by atoms with Gasteiger partial charge in [0.2, 0.25) is 0 Å². The molecule has 4 heterocycles. The van der Waals surface area contributed by atoms with Gasteiger partial charge in [-0.05, 0) is 48.5 Å². The quantitative estimate of drug-likeness (QED) is 0.189. The standard InChI is InChI=1S/C44H22N4O2/c45-23-25-21-26(24-46)40(48-36-14-6-2-10-28(36)32-18-20-34-30-12-4-8-16-39(30)50-44(34)42(32)48)37(22-25)47-35-13-5-1-9-27(35)31-17-19-33-29-11-3-7-15-38(29)49-43(33)41(31)47/h1-22H. The van der Waals surface area contributed by atoms with Crippen LogP contribution in [0, 0.1) is 22.7 Å². The fraction of sp³-hybridized carbons (Fsp3) is 0. The molecule has 230 valence electrons. The van der Waals surface area contributed by atoms with Crippen molar-refractivity contribution in [3.63, 3.8) is 0 Å². The summed E-state index contributed by atoms with van der Waals surface area (Å²) in [7, 11) is 0. The Balaban J connectivity index is 1.40. The van der Waals surface area contributed by atoms with E-state index in [2.05, 4.69) is 81.9 Å². The molecular weight excluding hydrogens is 617 g/mol. The number of benzene rings is 7. The smallest absolute Gasteiger partial charge is 0.160 e. The van der Waals surface area contributed by atoms with Crippen LogP contribution >= 0.6 is 0 Å². The van der Waals surface area contributed by atoms with E-state index in [0.717, 1.165) is 87.5 Å². The highest BCUT2D eigenvalue weighted by Gasteiger charge is 2.26. The second-order valence-corrected chi connectivity index (χ2v) is 12.7. The molecule has 0 amide bonds. The highest BCUT2D eigenvalue weighted by atomic mass is 16.3. The number of para-hydroxylation sites is 4. The summed E-state index contributed by atoms with van der Waals surface area (Å²) >= 11 is 0. The summed E-state index contributed by atoms with van der Waals surface area (Å²) in [5, 5.41) is 29.4. The molecular formula is C44H22N4O2. The maximum absolute atomic E-state index is 10.9. The molecule has 11 aromatic rings. The van der Waals surface area contributed by atoms with Crippen molar-refractivity contribution in [3.05, 3.63) is 145 Å². The molecule has 0 aliphatic rings. The average molecular weight is 639 g/mol. The Labute approximate surface area is 283 Å². The molecule has 50 heavy (non-hydrogen) atoms. The zero-order valence-electron chi connectivity index (χ0n) is 26.3. The molecule has 0 aliphatic carbocycles. The Bertz CT molecular complexity index is 3360. The number of fused-ring (bicyclic) bond motifs is 14. The summed E-state index contributed by atoms with van der Waals surface area (Å²) in [4.78, 5) is 0. The Morgan fingerprint density at radius 1 is 0.440 bits per heavy atom. The van der Waals surface area contributed by atoms with Crippen molar-refractivity contribution in [2.24, 2.45) is 0 Å². The third kappa shape index (κ3) is 3.34. The number of rotatable bonds is 2. The monoisotopic (exact) mass is 638 g/mol. The van der Waals surface area contributed by atoms with Crippen LogP contribution in [0.15, 0.2) is 142 Å². The van der Waals surface area contributed by atoms with Gasteiger partial charge in [-0.1, -0.05) is 84.9 Å². The lowest BCUT2D eigenvalue weighted by Crippen LogP contribution is -2.07. The second-order valence-electron chi connectivity index (χ2n) is 12.7. The number of nitriles is 2. The summed E-state index contributed by atoms with van der Waals surface area (Å²) in [6.07, 6.45) is 0. The van der Waals surface area contributed by atoms with Crippen molar-refractivity contribution in [2.45, 2.75) is 0 Å². The molecule has 0 unspecified atom stereocenters. The summed E-state index contributed by atoms with van der Waals surface area (Å²) < 4.78 is 17.6. The molecule has 6 nitrogen and oxygen atoms in total. The van der Waals surface area contributed by atoms with Crippen LogP contribution in [0.4, 0.5) is 0 Å². The minimum atomic E-state index is 0.373. The highest BCUT2D eigenvalue weighted by molar-refractivity contribution is 6.23. The van der Waals surface area contributed by atoms with E-state index in [1.54, 1.807) is 6.07 Å². The largest absolute Gasteiger partial charge is 0.454 e. The Morgan fingerprint density at radius 3 is 1.48 bits per heavy atom. The SMILES string of the molecule is N#Cc1cc(C#N)c(-n2c3ccccc3c3ccc4c5ccccc5oc4c32)c(-n2c3ccccc3c3ccc4c5ccccc5oc4c32)c1. The van der Waals surface area contributed by atoms with Gasteiger partial charge in [0.1, 0.15) is 17.2 Å². The number of hydrogen-bond donors (Lipinski definition) is 0. The van der Waals surface area contributed by atoms with E-state index in [1.807, 2.05) is 66.7 Å². The van der Waals surface area contributed by atoms with Crippen molar-refractivity contribution in [3.8, 4) is 23.5 Å². The lowest BCUT2D eigenvalue weighted by Gasteiger charge is -2.18. The van der Waals surface area contributed by atoms with Crippen LogP contribution in [0.1, 0.15) is 11.1 Å². The molecule has 0 fully saturated rings. The van der Waals surface area contributed by atoms with E-state index in [4.69, 9.17) is 8.83 Å². The van der Waals surface area contributed by atoms with E-state index in [1.165, 1.54) is 0 Å². The van der Waals surface area contributed by atoms with E-state index in [-0.39, 0.29) is 0 Å². The van der Waals surface area contributed by atoms with Gasteiger partial charge in [0.15, 0.2) is 11.2 Å². The third-order valence-corrected chi connectivity index (χ3v) is 10.2. The van der Waals surface area contributed by atoms with Crippen LogP contribution in [0.2, 0.25) is 0 Å². The number of nitrogens with zero attached hydrogens (tertiary/aromatic N) is 4. The molecule has 0 radical (unpaired) electrons. The summed E-state index contributed by atoms with van der Waals surface area (Å²) in [5.41, 5.74) is 8.76. The number of furan rings is 2. The van der Waals surface area contributed by atoms with Gasteiger partial charge in [0.05, 0.1) is 50.6 Å². The van der Waals surface area contributed by atoms with Crippen molar-refractivity contribution in [2.75, 3.05) is 0 Å². The van der Waals surface area contributed by atoms with Gasteiger partial charge in [-0.25, -0.2) is 0 Å². The minimum Gasteiger partial charge on any atom is -0.454 e. The maximum atomic E-state index is 10.9. The molecule has 7 aromatic carbocycles. The molecule has 6 heteroatoms. The molecule has 0 spiro atoms. The molecule has 0 bridgehead atoms. The fourth-order valence-corrected chi connectivity index (χ4v) is 8.12. The second kappa shape index (κ2) is 9.64. The van der Waals surface area contributed by atoms with E-state index >= 15 is 0 Å². The van der Waals surface area contributed by atoms with Crippen molar-refractivity contribution >= 4 is 87.5 Å². The Hall–Kier alpha value is -7.28. The first kappa shape index (κ1) is 26.8. The average Bonchev–Trinajstić information content (AvgIpc) is 3.92. The predicted molar refractivity (Wildman–Crippen MR) is 199 cm³/mol. The summed E-state index contributed by atoms with van der Waals surface area (Å²) in [6.45, 7) is 0. The van der Waals surface area contributed by atoms with Crippen molar-refractivity contribution in [1.29, 1.82) is 10.5 Å². The van der Waals surface area contributed by atoms with Crippen LogP contribution in [0.3, 0.4) is 0 Å².